The lowest BCUT2D eigenvalue weighted by Gasteiger charge is -2.12. The average molecular weight is 272 g/mol. The number of nitrogens with zero attached hydrogens (tertiary/aromatic N) is 1. The van der Waals surface area contributed by atoms with E-state index < -0.39 is 0 Å². The Morgan fingerprint density at radius 1 is 1.11 bits per heavy atom. The summed E-state index contributed by atoms with van der Waals surface area (Å²) in [5.74, 6) is 1.22. The highest BCUT2D eigenvalue weighted by atomic mass is 35.5. The molecule has 0 saturated carbocycles. The molecule has 1 heterocycles. The summed E-state index contributed by atoms with van der Waals surface area (Å²) in [7, 11) is 0. The van der Waals surface area contributed by atoms with Crippen LogP contribution in [-0.2, 0) is 0 Å². The summed E-state index contributed by atoms with van der Waals surface area (Å²) in [6.07, 6.45) is 0. The van der Waals surface area contributed by atoms with E-state index in [1.54, 1.807) is 0 Å². The number of halogens is 1. The van der Waals surface area contributed by atoms with E-state index in [1.165, 1.54) is 0 Å². The Kier molecular flexibility index (Phi) is 4.03. The molecular formula is C16H14ClNO. The predicted molar refractivity (Wildman–Crippen MR) is 80.0 cm³/mol. The second-order valence-electron chi connectivity index (χ2n) is 4.09. The van der Waals surface area contributed by atoms with Gasteiger partial charge in [0, 0.05) is 11.3 Å². The molecule has 19 heavy (non-hydrogen) atoms. The molecular weight excluding hydrogens is 258 g/mol. The summed E-state index contributed by atoms with van der Waals surface area (Å²) >= 11 is 5.97. The van der Waals surface area contributed by atoms with E-state index in [2.05, 4.69) is 18.1 Å². The van der Waals surface area contributed by atoms with Gasteiger partial charge in [-0.1, -0.05) is 43.0 Å². The number of hydrogen-bond donors (Lipinski definition) is 0. The molecule has 1 aromatic carbocycles. The zero-order chi connectivity index (χ0) is 13.8. The summed E-state index contributed by atoms with van der Waals surface area (Å²) in [5, 5.41) is 0.372. The molecule has 0 unspecified atom stereocenters. The quantitative estimate of drug-likeness (QED) is 0.755. The standard InChI is InChI=1S/C16H14ClNO/c1-11-9-10-15(16(18-11)12(2)17)13(3)19-14-7-5-4-6-8-14/h4-10H,2-3H2,1H3. The number of pyridine rings is 1. The van der Waals surface area contributed by atoms with E-state index in [0.29, 0.717) is 16.5 Å². The first-order valence-corrected chi connectivity index (χ1v) is 6.20. The Balaban J connectivity index is 2.31. The third-order valence-electron chi connectivity index (χ3n) is 2.58. The van der Waals surface area contributed by atoms with Gasteiger partial charge in [-0.25, -0.2) is 0 Å². The highest BCUT2D eigenvalue weighted by Gasteiger charge is 2.11. The summed E-state index contributed by atoms with van der Waals surface area (Å²) in [5.41, 5.74) is 2.21. The van der Waals surface area contributed by atoms with Crippen molar-refractivity contribution in [1.29, 1.82) is 0 Å². The molecule has 3 heteroatoms. The normalized spacial score (nSPS) is 10.0. The van der Waals surface area contributed by atoms with Crippen molar-refractivity contribution in [1.82, 2.24) is 4.98 Å². The minimum Gasteiger partial charge on any atom is -0.457 e. The van der Waals surface area contributed by atoms with Crippen LogP contribution in [0.4, 0.5) is 0 Å². The molecule has 0 aliphatic carbocycles. The van der Waals surface area contributed by atoms with Gasteiger partial charge in [0.1, 0.15) is 11.5 Å². The van der Waals surface area contributed by atoms with Crippen LogP contribution in [0.5, 0.6) is 5.75 Å². The minimum atomic E-state index is 0.372. The lowest BCUT2D eigenvalue weighted by molar-refractivity contribution is 0.516. The first kappa shape index (κ1) is 13.4. The molecule has 96 valence electrons. The van der Waals surface area contributed by atoms with Gasteiger partial charge in [-0.15, -0.1) is 0 Å². The second kappa shape index (κ2) is 5.72. The van der Waals surface area contributed by atoms with Crippen molar-refractivity contribution in [3.05, 3.63) is 72.6 Å². The molecule has 0 amide bonds. The van der Waals surface area contributed by atoms with Crippen molar-refractivity contribution >= 4 is 22.4 Å². The summed E-state index contributed by atoms with van der Waals surface area (Å²) in [6.45, 7) is 9.55. The van der Waals surface area contributed by atoms with Crippen LogP contribution in [0.2, 0.25) is 0 Å². The van der Waals surface area contributed by atoms with Crippen molar-refractivity contribution in [2.75, 3.05) is 0 Å². The maximum atomic E-state index is 5.97. The van der Waals surface area contributed by atoms with Crippen LogP contribution in [0.1, 0.15) is 17.0 Å². The van der Waals surface area contributed by atoms with Crippen molar-refractivity contribution in [2.24, 2.45) is 0 Å². The molecule has 0 atom stereocenters. The third kappa shape index (κ3) is 3.24. The fourth-order valence-corrected chi connectivity index (χ4v) is 1.82. The fourth-order valence-electron chi connectivity index (χ4n) is 1.67. The smallest absolute Gasteiger partial charge is 0.129 e. The molecule has 0 saturated heterocycles. The van der Waals surface area contributed by atoms with E-state index in [4.69, 9.17) is 16.3 Å². The SMILES string of the molecule is C=C(Oc1ccccc1)c1ccc(C)nc1C(=C)Cl. The van der Waals surface area contributed by atoms with Gasteiger partial charge < -0.3 is 4.74 Å². The van der Waals surface area contributed by atoms with Gasteiger partial charge in [0.05, 0.1) is 10.7 Å². The summed E-state index contributed by atoms with van der Waals surface area (Å²) < 4.78 is 5.70. The monoisotopic (exact) mass is 271 g/mol. The van der Waals surface area contributed by atoms with Gasteiger partial charge in [-0.05, 0) is 31.2 Å². The first-order chi connectivity index (χ1) is 9.08. The van der Waals surface area contributed by atoms with E-state index in [-0.39, 0.29) is 0 Å². The minimum absolute atomic E-state index is 0.372. The highest BCUT2D eigenvalue weighted by Crippen LogP contribution is 2.26. The molecule has 0 aliphatic heterocycles. The van der Waals surface area contributed by atoms with E-state index in [1.807, 2.05) is 49.4 Å². The number of ether oxygens (including phenoxy) is 1. The van der Waals surface area contributed by atoms with Crippen molar-refractivity contribution in [3.8, 4) is 5.75 Å². The highest BCUT2D eigenvalue weighted by molar-refractivity contribution is 6.48. The molecule has 2 aromatic rings. The maximum absolute atomic E-state index is 5.97. The van der Waals surface area contributed by atoms with Crippen LogP contribution >= 0.6 is 11.6 Å². The largest absolute Gasteiger partial charge is 0.457 e. The van der Waals surface area contributed by atoms with Gasteiger partial charge in [0.25, 0.3) is 0 Å². The predicted octanol–water partition coefficient (Wildman–Crippen LogP) is 4.65. The van der Waals surface area contributed by atoms with Gasteiger partial charge in [0.15, 0.2) is 0 Å². The van der Waals surface area contributed by atoms with Crippen LogP contribution in [-0.4, -0.2) is 4.98 Å². The molecule has 0 radical (unpaired) electrons. The van der Waals surface area contributed by atoms with Crippen molar-refractivity contribution < 1.29 is 4.74 Å². The molecule has 2 rings (SSSR count). The van der Waals surface area contributed by atoms with Gasteiger partial charge >= 0.3 is 0 Å². The molecule has 0 aliphatic rings. The number of aromatic nitrogens is 1. The number of aryl methyl sites for hydroxylation is 1. The van der Waals surface area contributed by atoms with Crippen LogP contribution < -0.4 is 4.74 Å². The zero-order valence-electron chi connectivity index (χ0n) is 10.7. The topological polar surface area (TPSA) is 22.1 Å². The Bertz CT molecular complexity index is 620. The van der Waals surface area contributed by atoms with E-state index in [0.717, 1.165) is 17.0 Å². The summed E-state index contributed by atoms with van der Waals surface area (Å²) in [4.78, 5) is 4.36. The lowest BCUT2D eigenvalue weighted by Crippen LogP contribution is -2.00. The Hall–Kier alpha value is -2.06. The second-order valence-corrected chi connectivity index (χ2v) is 4.55. The van der Waals surface area contributed by atoms with Crippen molar-refractivity contribution in [2.45, 2.75) is 6.92 Å². The van der Waals surface area contributed by atoms with Crippen LogP contribution in [0.25, 0.3) is 10.8 Å². The van der Waals surface area contributed by atoms with Crippen LogP contribution in [0.3, 0.4) is 0 Å². The summed E-state index contributed by atoms with van der Waals surface area (Å²) in [6, 6.07) is 13.2. The van der Waals surface area contributed by atoms with E-state index in [9.17, 15) is 0 Å². The van der Waals surface area contributed by atoms with Gasteiger partial charge in [-0.2, -0.15) is 0 Å². The van der Waals surface area contributed by atoms with E-state index >= 15 is 0 Å². The molecule has 0 N–H and O–H groups in total. The number of benzene rings is 1. The maximum Gasteiger partial charge on any atom is 0.129 e. The Morgan fingerprint density at radius 3 is 2.42 bits per heavy atom. The van der Waals surface area contributed by atoms with Crippen LogP contribution in [0.15, 0.2) is 55.6 Å². The molecule has 0 spiro atoms. The average Bonchev–Trinajstić information content (AvgIpc) is 2.39. The number of para-hydroxylation sites is 1. The van der Waals surface area contributed by atoms with Crippen molar-refractivity contribution in [3.63, 3.8) is 0 Å². The number of rotatable bonds is 4. The molecule has 2 nitrogen and oxygen atoms in total. The van der Waals surface area contributed by atoms with Crippen LogP contribution in [0, 0.1) is 6.92 Å². The zero-order valence-corrected chi connectivity index (χ0v) is 11.4. The Morgan fingerprint density at radius 2 is 1.79 bits per heavy atom. The van der Waals surface area contributed by atoms with Gasteiger partial charge in [-0.3, -0.25) is 4.98 Å². The fraction of sp³-hybridized carbons (Fsp3) is 0.0625. The molecule has 0 fully saturated rings. The number of hydrogen-bond acceptors (Lipinski definition) is 2. The molecule has 0 bridgehead atoms. The van der Waals surface area contributed by atoms with Gasteiger partial charge in [0.2, 0.25) is 0 Å². The molecule has 1 aromatic heterocycles. The lowest BCUT2D eigenvalue weighted by atomic mass is 10.1. The third-order valence-corrected chi connectivity index (χ3v) is 2.76. The Labute approximate surface area is 118 Å². The first-order valence-electron chi connectivity index (χ1n) is 5.82.